The summed E-state index contributed by atoms with van der Waals surface area (Å²) < 4.78 is 5.70. The maximum Gasteiger partial charge on any atom is 0.238 e. The number of nitrogens with zero attached hydrogens (tertiary/aromatic N) is 1. The van der Waals surface area contributed by atoms with Crippen LogP contribution in [0.25, 0.3) is 0 Å². The Labute approximate surface area is 142 Å². The van der Waals surface area contributed by atoms with Crippen molar-refractivity contribution in [1.82, 2.24) is 0 Å². The summed E-state index contributed by atoms with van der Waals surface area (Å²) in [6.45, 7) is 2.86. The number of carbonyl (C=O) groups is 2. The smallest absolute Gasteiger partial charge is 0.238 e. The fourth-order valence-electron chi connectivity index (χ4n) is 4.39. The molecule has 24 heavy (non-hydrogen) atoms. The lowest BCUT2D eigenvalue weighted by molar-refractivity contribution is -0.123. The van der Waals surface area contributed by atoms with E-state index in [1.54, 1.807) is 0 Å². The van der Waals surface area contributed by atoms with Crippen molar-refractivity contribution < 1.29 is 14.3 Å². The number of amides is 2. The highest BCUT2D eigenvalue weighted by molar-refractivity contribution is 6.22. The normalized spacial score (nSPS) is 30.3. The Morgan fingerprint density at radius 3 is 2.21 bits per heavy atom. The molecule has 3 aliphatic rings. The van der Waals surface area contributed by atoms with Crippen LogP contribution in [0.3, 0.4) is 0 Å². The molecule has 0 N–H and O–H groups in total. The Kier molecular flexibility index (Phi) is 3.91. The molecule has 1 aliphatic heterocycles. The molecule has 4 atom stereocenters. The van der Waals surface area contributed by atoms with Crippen molar-refractivity contribution in [3.05, 3.63) is 36.4 Å². The molecule has 4 rings (SSSR count). The van der Waals surface area contributed by atoms with E-state index >= 15 is 0 Å². The number of carbonyl (C=O) groups excluding carboxylic acids is 2. The largest absolute Gasteiger partial charge is 0.494 e. The number of fused-ring (bicyclic) bond motifs is 5. The summed E-state index contributed by atoms with van der Waals surface area (Å²) in [5.74, 6) is 0.952. The number of hydrogen-bond donors (Lipinski definition) is 0. The lowest BCUT2D eigenvalue weighted by Crippen LogP contribution is -2.32. The molecule has 4 nitrogen and oxygen atoms in total. The first-order valence-electron chi connectivity index (χ1n) is 8.99. The van der Waals surface area contributed by atoms with E-state index in [2.05, 4.69) is 19.1 Å². The van der Waals surface area contributed by atoms with Crippen LogP contribution in [-0.4, -0.2) is 18.4 Å². The molecule has 0 spiro atoms. The van der Waals surface area contributed by atoms with Gasteiger partial charge in [0.15, 0.2) is 0 Å². The zero-order chi connectivity index (χ0) is 16.7. The molecule has 1 aromatic carbocycles. The highest BCUT2D eigenvalue weighted by atomic mass is 16.5. The molecular formula is C20H23NO3. The first kappa shape index (κ1) is 15.4. The van der Waals surface area contributed by atoms with Crippen molar-refractivity contribution in [2.24, 2.45) is 23.7 Å². The van der Waals surface area contributed by atoms with E-state index in [-0.39, 0.29) is 35.5 Å². The van der Waals surface area contributed by atoms with Crippen LogP contribution in [0.1, 0.15) is 32.6 Å². The second kappa shape index (κ2) is 6.08. The summed E-state index contributed by atoms with van der Waals surface area (Å²) in [4.78, 5) is 26.9. The van der Waals surface area contributed by atoms with Gasteiger partial charge in [0, 0.05) is 0 Å². The van der Waals surface area contributed by atoms with E-state index in [0.29, 0.717) is 12.3 Å². The van der Waals surface area contributed by atoms with Crippen molar-refractivity contribution in [3.63, 3.8) is 0 Å². The summed E-state index contributed by atoms with van der Waals surface area (Å²) in [6.07, 6.45) is 8.57. The predicted octanol–water partition coefficient (Wildman–Crippen LogP) is 3.57. The number of ether oxygens (including phenoxy) is 1. The lowest BCUT2D eigenvalue weighted by atomic mass is 9.85. The molecule has 2 amide bonds. The topological polar surface area (TPSA) is 46.6 Å². The van der Waals surface area contributed by atoms with Gasteiger partial charge in [0.2, 0.25) is 11.8 Å². The molecular weight excluding hydrogens is 302 g/mol. The lowest BCUT2D eigenvalue weighted by Gasteiger charge is -2.17. The first-order chi connectivity index (χ1) is 11.7. The third-order valence-electron chi connectivity index (χ3n) is 5.58. The molecule has 2 bridgehead atoms. The van der Waals surface area contributed by atoms with Gasteiger partial charge in [0.25, 0.3) is 0 Å². The van der Waals surface area contributed by atoms with E-state index < -0.39 is 0 Å². The van der Waals surface area contributed by atoms with Crippen LogP contribution >= 0.6 is 0 Å². The van der Waals surface area contributed by atoms with E-state index in [0.717, 1.165) is 25.0 Å². The van der Waals surface area contributed by atoms with E-state index in [1.807, 2.05) is 24.3 Å². The van der Waals surface area contributed by atoms with Crippen LogP contribution in [0, 0.1) is 23.7 Å². The van der Waals surface area contributed by atoms with E-state index in [4.69, 9.17) is 4.74 Å². The minimum atomic E-state index is -0.141. The summed E-state index contributed by atoms with van der Waals surface area (Å²) in [7, 11) is 0. The number of rotatable bonds is 6. The van der Waals surface area contributed by atoms with Crippen molar-refractivity contribution in [2.75, 3.05) is 11.5 Å². The van der Waals surface area contributed by atoms with Crippen LogP contribution in [0.15, 0.2) is 36.4 Å². The first-order valence-corrected chi connectivity index (χ1v) is 8.99. The summed E-state index contributed by atoms with van der Waals surface area (Å²) >= 11 is 0. The third-order valence-corrected chi connectivity index (χ3v) is 5.58. The standard InChI is InChI=1S/C20H23NO3/c1-2-3-4-11-24-16-9-7-15(8-10-16)21-19(22)17-13-5-6-14(12-13)18(17)20(21)23/h5-10,13-14,17-18H,2-4,11-12H2,1H3/t13-,14-,17-,18+/m0/s1. The molecule has 126 valence electrons. The quantitative estimate of drug-likeness (QED) is 0.456. The number of imide groups is 1. The number of unbranched alkanes of at least 4 members (excludes halogenated alkanes) is 2. The zero-order valence-corrected chi connectivity index (χ0v) is 14.0. The van der Waals surface area contributed by atoms with Gasteiger partial charge in [-0.2, -0.15) is 0 Å². The average Bonchev–Trinajstić information content (AvgIpc) is 3.27. The van der Waals surface area contributed by atoms with Gasteiger partial charge < -0.3 is 4.74 Å². The molecule has 1 aromatic rings. The fourth-order valence-corrected chi connectivity index (χ4v) is 4.39. The highest BCUT2D eigenvalue weighted by Crippen LogP contribution is 2.53. The molecule has 4 heteroatoms. The second-order valence-electron chi connectivity index (χ2n) is 7.06. The van der Waals surface area contributed by atoms with Gasteiger partial charge in [0.1, 0.15) is 5.75 Å². The molecule has 1 heterocycles. The summed E-state index contributed by atoms with van der Waals surface area (Å²) in [5.41, 5.74) is 0.666. The van der Waals surface area contributed by atoms with Crippen molar-refractivity contribution in [2.45, 2.75) is 32.6 Å². The minimum absolute atomic E-state index is 0.0292. The molecule has 2 aliphatic carbocycles. The van der Waals surface area contributed by atoms with E-state index in [1.165, 1.54) is 11.3 Å². The molecule has 2 fully saturated rings. The number of anilines is 1. The van der Waals surface area contributed by atoms with Crippen molar-refractivity contribution in [1.29, 1.82) is 0 Å². The number of benzene rings is 1. The van der Waals surface area contributed by atoms with Crippen LogP contribution < -0.4 is 9.64 Å². The van der Waals surface area contributed by atoms with Gasteiger partial charge in [-0.05, 0) is 48.9 Å². The van der Waals surface area contributed by atoms with Crippen LogP contribution in [-0.2, 0) is 9.59 Å². The van der Waals surface area contributed by atoms with Crippen LogP contribution in [0.4, 0.5) is 5.69 Å². The number of allylic oxidation sites excluding steroid dienone is 2. The van der Waals surface area contributed by atoms with Crippen LogP contribution in [0.2, 0.25) is 0 Å². The minimum Gasteiger partial charge on any atom is -0.494 e. The Morgan fingerprint density at radius 2 is 1.62 bits per heavy atom. The third kappa shape index (κ3) is 2.36. The van der Waals surface area contributed by atoms with Crippen molar-refractivity contribution in [3.8, 4) is 5.75 Å². The molecule has 1 saturated carbocycles. The predicted molar refractivity (Wildman–Crippen MR) is 91.7 cm³/mol. The van der Waals surface area contributed by atoms with Crippen molar-refractivity contribution >= 4 is 17.5 Å². The Bertz CT molecular complexity index is 649. The SMILES string of the molecule is CCCCCOc1ccc(N2C(=O)[C@@H]3[C@H](C2=O)[C@H]2C=C[C@H]3C2)cc1. The van der Waals surface area contributed by atoms with Gasteiger partial charge in [-0.15, -0.1) is 0 Å². The second-order valence-corrected chi connectivity index (χ2v) is 7.06. The maximum atomic E-state index is 12.8. The fraction of sp³-hybridized carbons (Fsp3) is 0.500. The Balaban J connectivity index is 1.47. The number of hydrogen-bond acceptors (Lipinski definition) is 3. The molecule has 0 unspecified atom stereocenters. The Morgan fingerprint density at radius 1 is 1.00 bits per heavy atom. The van der Waals surface area contributed by atoms with Gasteiger partial charge in [-0.1, -0.05) is 31.9 Å². The van der Waals surface area contributed by atoms with Gasteiger partial charge in [-0.3, -0.25) is 14.5 Å². The Hall–Kier alpha value is -2.10. The molecule has 0 radical (unpaired) electrons. The summed E-state index contributed by atoms with van der Waals surface area (Å²) in [6, 6.07) is 7.34. The average molecular weight is 325 g/mol. The van der Waals surface area contributed by atoms with E-state index in [9.17, 15) is 9.59 Å². The van der Waals surface area contributed by atoms with Gasteiger partial charge in [0.05, 0.1) is 24.1 Å². The van der Waals surface area contributed by atoms with Gasteiger partial charge in [-0.25, -0.2) is 0 Å². The van der Waals surface area contributed by atoms with Gasteiger partial charge >= 0.3 is 0 Å². The van der Waals surface area contributed by atoms with Crippen LogP contribution in [0.5, 0.6) is 5.75 Å². The monoisotopic (exact) mass is 325 g/mol. The highest BCUT2D eigenvalue weighted by Gasteiger charge is 2.59. The molecule has 0 aromatic heterocycles. The zero-order valence-electron chi connectivity index (χ0n) is 14.0. The molecule has 1 saturated heterocycles. The summed E-state index contributed by atoms with van der Waals surface area (Å²) in [5, 5.41) is 0. The maximum absolute atomic E-state index is 12.8.